The Morgan fingerprint density at radius 3 is 2.24 bits per heavy atom. The lowest BCUT2D eigenvalue weighted by Gasteiger charge is -2.32. The Morgan fingerprint density at radius 1 is 1.04 bits per heavy atom. The summed E-state index contributed by atoms with van der Waals surface area (Å²) in [6, 6.07) is 10.8. The second-order valence-electron chi connectivity index (χ2n) is 7.52. The van der Waals surface area contributed by atoms with E-state index in [1.54, 1.807) is 12.1 Å². The Morgan fingerprint density at radius 2 is 1.64 bits per heavy atom. The molecule has 25 heavy (non-hydrogen) atoms. The van der Waals surface area contributed by atoms with E-state index in [0.717, 1.165) is 16.4 Å². The first-order valence-corrected chi connectivity index (χ1v) is 8.63. The summed E-state index contributed by atoms with van der Waals surface area (Å²) in [6.07, 6.45) is 2.04. The average Bonchev–Trinajstić information content (AvgIpc) is 2.77. The molecule has 1 fully saturated rings. The number of hydrogen-bond acceptors (Lipinski definition) is 3. The summed E-state index contributed by atoms with van der Waals surface area (Å²) in [6.45, 7) is 8.78. The van der Waals surface area contributed by atoms with Gasteiger partial charge in [0.05, 0.1) is 11.2 Å². The molecule has 3 nitrogen and oxygen atoms in total. The highest BCUT2D eigenvalue weighted by molar-refractivity contribution is 6.56. The van der Waals surface area contributed by atoms with Crippen LogP contribution in [-0.4, -0.2) is 31.9 Å². The van der Waals surface area contributed by atoms with Crippen molar-refractivity contribution in [1.82, 2.24) is 5.32 Å². The maximum atomic E-state index is 14.1. The van der Waals surface area contributed by atoms with Gasteiger partial charge in [-0.05, 0) is 57.2 Å². The second kappa shape index (κ2) is 6.56. The highest BCUT2D eigenvalue weighted by Crippen LogP contribution is 2.39. The number of fused-ring (bicyclic) bond motifs is 1. The van der Waals surface area contributed by atoms with Crippen molar-refractivity contribution in [2.45, 2.75) is 38.9 Å². The van der Waals surface area contributed by atoms with Gasteiger partial charge in [0.2, 0.25) is 0 Å². The van der Waals surface area contributed by atoms with Crippen LogP contribution < -0.4 is 5.32 Å². The van der Waals surface area contributed by atoms with Crippen LogP contribution in [0.1, 0.15) is 33.3 Å². The fourth-order valence-electron chi connectivity index (χ4n) is 3.01. The number of halogens is 1. The van der Waals surface area contributed by atoms with E-state index in [2.05, 4.69) is 5.32 Å². The molecule has 0 saturated carbocycles. The van der Waals surface area contributed by atoms with Gasteiger partial charge >= 0.3 is 7.12 Å². The molecular formula is C20H25BFNO2. The molecule has 2 aromatic rings. The van der Waals surface area contributed by atoms with Crippen LogP contribution in [0.2, 0.25) is 0 Å². The molecule has 132 valence electrons. The number of nitrogens with one attached hydrogen (secondary N) is 1. The third kappa shape index (κ3) is 3.36. The molecule has 0 spiro atoms. The molecule has 0 unspecified atom stereocenters. The van der Waals surface area contributed by atoms with Gasteiger partial charge in [0.1, 0.15) is 5.82 Å². The van der Waals surface area contributed by atoms with Gasteiger partial charge in [0.15, 0.2) is 0 Å². The van der Waals surface area contributed by atoms with E-state index in [4.69, 9.17) is 9.31 Å². The molecule has 1 aliphatic heterocycles. The molecule has 1 aliphatic rings. The fourth-order valence-corrected chi connectivity index (χ4v) is 3.01. The van der Waals surface area contributed by atoms with Crippen molar-refractivity contribution in [2.75, 3.05) is 13.6 Å². The van der Waals surface area contributed by atoms with Crippen molar-refractivity contribution in [3.63, 3.8) is 0 Å². The van der Waals surface area contributed by atoms with Crippen molar-refractivity contribution in [3.05, 3.63) is 53.3 Å². The zero-order valence-electron chi connectivity index (χ0n) is 15.5. The van der Waals surface area contributed by atoms with Gasteiger partial charge in [0, 0.05) is 11.9 Å². The molecule has 1 N–H and O–H groups in total. The second-order valence-corrected chi connectivity index (χ2v) is 7.52. The molecule has 1 saturated heterocycles. The van der Waals surface area contributed by atoms with Gasteiger partial charge in [-0.15, -0.1) is 0 Å². The van der Waals surface area contributed by atoms with Gasteiger partial charge in [-0.3, -0.25) is 0 Å². The fraction of sp³-hybridized carbons (Fsp3) is 0.400. The van der Waals surface area contributed by atoms with Gasteiger partial charge < -0.3 is 14.6 Å². The van der Waals surface area contributed by atoms with Crippen LogP contribution in [0.3, 0.4) is 0 Å². The maximum absolute atomic E-state index is 14.1. The average molecular weight is 341 g/mol. The normalized spacial score (nSPS) is 19.6. The van der Waals surface area contributed by atoms with E-state index in [1.807, 2.05) is 59.0 Å². The maximum Gasteiger partial charge on any atom is 0.491 e. The van der Waals surface area contributed by atoms with Crippen molar-refractivity contribution in [3.8, 4) is 0 Å². The lowest BCUT2D eigenvalue weighted by Crippen LogP contribution is -2.41. The molecule has 5 heteroatoms. The molecule has 3 rings (SSSR count). The zero-order valence-corrected chi connectivity index (χ0v) is 15.5. The Balaban J connectivity index is 2.04. The Hall–Kier alpha value is -1.69. The molecule has 0 aromatic heterocycles. The van der Waals surface area contributed by atoms with E-state index in [9.17, 15) is 4.39 Å². The van der Waals surface area contributed by atoms with Crippen LogP contribution in [0, 0.1) is 5.82 Å². The minimum atomic E-state index is -0.429. The van der Waals surface area contributed by atoms with Crippen LogP contribution in [0.15, 0.2) is 41.9 Å². The minimum Gasteiger partial charge on any atom is -0.400 e. The summed E-state index contributed by atoms with van der Waals surface area (Å²) >= 11 is 0. The van der Waals surface area contributed by atoms with Gasteiger partial charge in [-0.2, -0.15) is 0 Å². The Labute approximate surface area is 149 Å². The first-order chi connectivity index (χ1) is 11.7. The summed E-state index contributed by atoms with van der Waals surface area (Å²) in [4.78, 5) is 0. The molecule has 2 aromatic carbocycles. The Kier molecular flexibility index (Phi) is 4.75. The Bertz CT molecular complexity index is 800. The largest absolute Gasteiger partial charge is 0.491 e. The molecule has 0 atom stereocenters. The van der Waals surface area contributed by atoms with E-state index >= 15 is 0 Å². The van der Waals surface area contributed by atoms with Gasteiger partial charge in [-0.25, -0.2) is 4.39 Å². The third-order valence-corrected chi connectivity index (χ3v) is 5.18. The van der Waals surface area contributed by atoms with Crippen LogP contribution in [0.5, 0.6) is 0 Å². The van der Waals surface area contributed by atoms with Crippen molar-refractivity contribution in [2.24, 2.45) is 0 Å². The lowest BCUT2D eigenvalue weighted by atomic mass is 9.76. The first-order valence-electron chi connectivity index (χ1n) is 8.63. The quantitative estimate of drug-likeness (QED) is 0.845. The van der Waals surface area contributed by atoms with Crippen LogP contribution >= 0.6 is 0 Å². The monoisotopic (exact) mass is 341 g/mol. The summed E-state index contributed by atoms with van der Waals surface area (Å²) in [5, 5.41) is 4.68. The smallest absolute Gasteiger partial charge is 0.400 e. The standard InChI is InChI=1S/C20H25BFNO2/c1-19(2)20(3,4)25-21(24-19)15(13-23-5)12-14-10-11-18(22)17-9-7-6-8-16(14)17/h6-12,23H,13H2,1-5H3. The van der Waals surface area contributed by atoms with E-state index in [1.165, 1.54) is 6.07 Å². The third-order valence-electron chi connectivity index (χ3n) is 5.18. The number of rotatable bonds is 4. The predicted octanol–water partition coefficient (Wildman–Crippen LogP) is 4.21. The summed E-state index contributed by atoms with van der Waals surface area (Å²) < 4.78 is 26.4. The number of benzene rings is 2. The number of likely N-dealkylation sites (N-methyl/N-ethyl adjacent to an activating group) is 1. The van der Waals surface area contributed by atoms with E-state index in [-0.39, 0.29) is 5.82 Å². The van der Waals surface area contributed by atoms with E-state index in [0.29, 0.717) is 11.9 Å². The van der Waals surface area contributed by atoms with Crippen LogP contribution in [0.4, 0.5) is 4.39 Å². The topological polar surface area (TPSA) is 30.5 Å². The highest BCUT2D eigenvalue weighted by atomic mass is 19.1. The minimum absolute atomic E-state index is 0.210. The van der Waals surface area contributed by atoms with Crippen molar-refractivity contribution >= 4 is 24.0 Å². The van der Waals surface area contributed by atoms with Crippen molar-refractivity contribution < 1.29 is 13.7 Å². The van der Waals surface area contributed by atoms with E-state index < -0.39 is 18.3 Å². The zero-order chi connectivity index (χ0) is 18.2. The first kappa shape index (κ1) is 18.1. The molecular weight excluding hydrogens is 316 g/mol. The van der Waals surface area contributed by atoms with Crippen LogP contribution in [0.25, 0.3) is 16.8 Å². The van der Waals surface area contributed by atoms with Crippen molar-refractivity contribution in [1.29, 1.82) is 0 Å². The molecule has 0 amide bonds. The molecule has 1 heterocycles. The number of hydrogen-bond donors (Lipinski definition) is 1. The highest BCUT2D eigenvalue weighted by Gasteiger charge is 2.52. The summed E-state index contributed by atoms with van der Waals surface area (Å²) in [5.74, 6) is -0.210. The molecule has 0 bridgehead atoms. The molecule has 0 radical (unpaired) electrons. The lowest BCUT2D eigenvalue weighted by molar-refractivity contribution is 0.00578. The van der Waals surface area contributed by atoms with Gasteiger partial charge in [0.25, 0.3) is 0 Å². The SMILES string of the molecule is CNCC(=Cc1ccc(F)c2ccccc12)B1OC(C)(C)C(C)(C)O1. The summed E-state index contributed by atoms with van der Waals surface area (Å²) in [5.41, 5.74) is 1.15. The predicted molar refractivity (Wildman–Crippen MR) is 102 cm³/mol. The summed E-state index contributed by atoms with van der Waals surface area (Å²) in [7, 11) is 1.46. The molecule has 0 aliphatic carbocycles. The van der Waals surface area contributed by atoms with Gasteiger partial charge in [-0.1, -0.05) is 36.4 Å². The van der Waals surface area contributed by atoms with Crippen LogP contribution in [-0.2, 0) is 9.31 Å².